The van der Waals surface area contributed by atoms with E-state index >= 15 is 0 Å². The molecule has 0 aromatic heterocycles. The van der Waals surface area contributed by atoms with Gasteiger partial charge < -0.3 is 10.5 Å². The SMILES string of the molecule is NC(=O)c1cccc(Br)c1OC(F)(F)F. The Morgan fingerprint density at radius 2 is 2.00 bits per heavy atom. The van der Waals surface area contributed by atoms with Gasteiger partial charge in [0.05, 0.1) is 10.0 Å². The molecule has 0 heterocycles. The molecule has 2 N–H and O–H groups in total. The molecule has 0 unspecified atom stereocenters. The third-order valence-electron chi connectivity index (χ3n) is 1.45. The first kappa shape index (κ1) is 11.8. The summed E-state index contributed by atoms with van der Waals surface area (Å²) < 4.78 is 39.6. The molecular formula is C8H5BrF3NO2. The van der Waals surface area contributed by atoms with E-state index in [1.54, 1.807) is 0 Å². The second-order valence-corrected chi connectivity index (χ2v) is 3.38. The zero-order valence-electron chi connectivity index (χ0n) is 7.14. The Labute approximate surface area is 91.1 Å². The molecule has 7 heteroatoms. The van der Waals surface area contributed by atoms with E-state index < -0.39 is 18.0 Å². The molecule has 0 aliphatic heterocycles. The molecule has 0 bridgehead atoms. The maximum atomic E-state index is 12.0. The number of amides is 1. The molecule has 0 radical (unpaired) electrons. The second kappa shape index (κ2) is 4.09. The number of alkyl halides is 3. The number of ether oxygens (including phenoxy) is 1. The first-order valence-electron chi connectivity index (χ1n) is 3.65. The largest absolute Gasteiger partial charge is 0.573 e. The number of hydrogen-bond acceptors (Lipinski definition) is 2. The second-order valence-electron chi connectivity index (χ2n) is 2.53. The van der Waals surface area contributed by atoms with Crippen LogP contribution in [0.1, 0.15) is 10.4 Å². The molecule has 1 amide bonds. The summed E-state index contributed by atoms with van der Waals surface area (Å²) in [6.07, 6.45) is -4.87. The number of halogens is 4. The Balaban J connectivity index is 3.19. The molecule has 0 saturated heterocycles. The van der Waals surface area contributed by atoms with Crippen LogP contribution >= 0.6 is 15.9 Å². The number of primary amides is 1. The third-order valence-corrected chi connectivity index (χ3v) is 2.07. The molecule has 15 heavy (non-hydrogen) atoms. The van der Waals surface area contributed by atoms with Gasteiger partial charge in [-0.1, -0.05) is 6.07 Å². The normalized spacial score (nSPS) is 11.2. The minimum Gasteiger partial charge on any atom is -0.404 e. The van der Waals surface area contributed by atoms with Gasteiger partial charge in [-0.3, -0.25) is 4.79 Å². The Kier molecular flexibility index (Phi) is 3.23. The van der Waals surface area contributed by atoms with Gasteiger partial charge in [0.25, 0.3) is 5.91 Å². The highest BCUT2D eigenvalue weighted by molar-refractivity contribution is 9.10. The van der Waals surface area contributed by atoms with Crippen LogP contribution in [0.15, 0.2) is 22.7 Å². The lowest BCUT2D eigenvalue weighted by Gasteiger charge is -2.12. The molecule has 3 nitrogen and oxygen atoms in total. The molecule has 0 saturated carbocycles. The fourth-order valence-electron chi connectivity index (χ4n) is 0.922. The van der Waals surface area contributed by atoms with Crippen LogP contribution in [0.5, 0.6) is 5.75 Å². The lowest BCUT2D eigenvalue weighted by atomic mass is 10.2. The van der Waals surface area contributed by atoms with Crippen molar-refractivity contribution in [1.82, 2.24) is 0 Å². The fraction of sp³-hybridized carbons (Fsp3) is 0.125. The van der Waals surface area contributed by atoms with Crippen LogP contribution in [0.4, 0.5) is 13.2 Å². The Hall–Kier alpha value is -1.24. The summed E-state index contributed by atoms with van der Waals surface area (Å²) in [4.78, 5) is 10.8. The first-order valence-corrected chi connectivity index (χ1v) is 4.44. The van der Waals surface area contributed by atoms with Gasteiger partial charge in [-0.15, -0.1) is 13.2 Å². The van der Waals surface area contributed by atoms with Gasteiger partial charge in [-0.25, -0.2) is 0 Å². The van der Waals surface area contributed by atoms with Crippen molar-refractivity contribution in [2.75, 3.05) is 0 Å². The van der Waals surface area contributed by atoms with E-state index in [0.717, 1.165) is 6.07 Å². The summed E-state index contributed by atoms with van der Waals surface area (Å²) in [6.45, 7) is 0. The molecule has 1 aromatic rings. The topological polar surface area (TPSA) is 52.3 Å². The summed E-state index contributed by atoms with van der Waals surface area (Å²) in [5, 5.41) is 0. The summed E-state index contributed by atoms with van der Waals surface area (Å²) in [5.41, 5.74) is 4.56. The van der Waals surface area contributed by atoms with Crippen LogP contribution in [0, 0.1) is 0 Å². The van der Waals surface area contributed by atoms with Gasteiger partial charge in [-0.2, -0.15) is 0 Å². The molecule has 0 aliphatic rings. The number of para-hydroxylation sites is 1. The van der Waals surface area contributed by atoms with Crippen molar-refractivity contribution in [1.29, 1.82) is 0 Å². The van der Waals surface area contributed by atoms with Gasteiger partial charge in [-0.05, 0) is 28.1 Å². The molecule has 0 spiro atoms. The summed E-state index contributed by atoms with van der Waals surface area (Å²) in [6, 6.07) is 3.84. The average Bonchev–Trinajstić information content (AvgIpc) is 2.05. The zero-order chi connectivity index (χ0) is 11.6. The number of carbonyl (C=O) groups excluding carboxylic acids is 1. The van der Waals surface area contributed by atoms with Crippen LogP contribution < -0.4 is 10.5 Å². The molecule has 0 aliphatic carbocycles. The van der Waals surface area contributed by atoms with Crippen molar-refractivity contribution in [3.8, 4) is 5.75 Å². The van der Waals surface area contributed by atoms with Crippen molar-refractivity contribution >= 4 is 21.8 Å². The van der Waals surface area contributed by atoms with E-state index in [-0.39, 0.29) is 10.0 Å². The average molecular weight is 284 g/mol. The molecule has 1 aromatic carbocycles. The molecule has 82 valence electrons. The molecular weight excluding hydrogens is 279 g/mol. The van der Waals surface area contributed by atoms with Crippen molar-refractivity contribution in [3.63, 3.8) is 0 Å². The number of hydrogen-bond donors (Lipinski definition) is 1. The van der Waals surface area contributed by atoms with Crippen LogP contribution in [0.2, 0.25) is 0 Å². The monoisotopic (exact) mass is 283 g/mol. The van der Waals surface area contributed by atoms with Crippen molar-refractivity contribution in [2.24, 2.45) is 5.73 Å². The zero-order valence-corrected chi connectivity index (χ0v) is 8.72. The van der Waals surface area contributed by atoms with Gasteiger partial charge in [0.15, 0.2) is 5.75 Å². The highest BCUT2D eigenvalue weighted by Gasteiger charge is 2.33. The number of carbonyl (C=O) groups is 1. The van der Waals surface area contributed by atoms with E-state index in [4.69, 9.17) is 5.73 Å². The first-order chi connectivity index (χ1) is 6.81. The Bertz CT molecular complexity index is 392. The van der Waals surface area contributed by atoms with Crippen LogP contribution in [0.3, 0.4) is 0 Å². The highest BCUT2D eigenvalue weighted by Crippen LogP contribution is 2.33. The number of benzene rings is 1. The quantitative estimate of drug-likeness (QED) is 0.906. The van der Waals surface area contributed by atoms with Crippen LogP contribution in [0.25, 0.3) is 0 Å². The predicted octanol–water partition coefficient (Wildman–Crippen LogP) is 2.45. The maximum Gasteiger partial charge on any atom is 0.573 e. The Morgan fingerprint density at radius 1 is 1.40 bits per heavy atom. The van der Waals surface area contributed by atoms with Crippen LogP contribution in [-0.2, 0) is 0 Å². The lowest BCUT2D eigenvalue weighted by Crippen LogP contribution is -2.21. The number of nitrogens with two attached hydrogens (primary N) is 1. The van der Waals surface area contributed by atoms with Crippen molar-refractivity contribution in [3.05, 3.63) is 28.2 Å². The van der Waals surface area contributed by atoms with Gasteiger partial charge >= 0.3 is 6.36 Å². The summed E-state index contributed by atoms with van der Waals surface area (Å²) >= 11 is 2.84. The standard InChI is InChI=1S/C8H5BrF3NO2/c9-5-3-1-2-4(7(13)14)6(5)15-8(10,11)12/h1-3H,(H2,13,14). The molecule has 0 fully saturated rings. The minimum atomic E-state index is -4.87. The smallest absolute Gasteiger partial charge is 0.404 e. The summed E-state index contributed by atoms with van der Waals surface area (Å²) in [5.74, 6) is -1.62. The van der Waals surface area contributed by atoms with E-state index in [0.29, 0.717) is 0 Å². The number of rotatable bonds is 2. The highest BCUT2D eigenvalue weighted by atomic mass is 79.9. The fourth-order valence-corrected chi connectivity index (χ4v) is 1.37. The third kappa shape index (κ3) is 3.12. The van der Waals surface area contributed by atoms with Gasteiger partial charge in [0.1, 0.15) is 0 Å². The Morgan fingerprint density at radius 3 is 2.47 bits per heavy atom. The van der Waals surface area contributed by atoms with E-state index in [2.05, 4.69) is 20.7 Å². The predicted molar refractivity (Wildman–Crippen MR) is 49.3 cm³/mol. The van der Waals surface area contributed by atoms with E-state index in [1.165, 1.54) is 12.1 Å². The maximum absolute atomic E-state index is 12.0. The van der Waals surface area contributed by atoms with Crippen LogP contribution in [-0.4, -0.2) is 12.3 Å². The summed E-state index contributed by atoms with van der Waals surface area (Å²) in [7, 11) is 0. The van der Waals surface area contributed by atoms with Gasteiger partial charge in [0.2, 0.25) is 0 Å². The van der Waals surface area contributed by atoms with E-state index in [1.807, 2.05) is 0 Å². The van der Waals surface area contributed by atoms with Gasteiger partial charge in [0, 0.05) is 0 Å². The van der Waals surface area contributed by atoms with E-state index in [9.17, 15) is 18.0 Å². The molecule has 1 rings (SSSR count). The molecule has 0 atom stereocenters. The minimum absolute atomic E-state index is 0.0103. The van der Waals surface area contributed by atoms with Crippen molar-refractivity contribution < 1.29 is 22.7 Å². The van der Waals surface area contributed by atoms with Crippen molar-refractivity contribution in [2.45, 2.75) is 6.36 Å². The lowest BCUT2D eigenvalue weighted by molar-refractivity contribution is -0.275.